The minimum absolute atomic E-state index is 0.00413. The van der Waals surface area contributed by atoms with Crippen LogP contribution in [0.25, 0.3) is 0 Å². The molecule has 2 aromatic carbocycles. The zero-order chi connectivity index (χ0) is 17.5. The first kappa shape index (κ1) is 18.0. The Morgan fingerprint density at radius 3 is 2.29 bits per heavy atom. The lowest BCUT2D eigenvalue weighted by atomic mass is 10.1. The molecule has 0 aliphatic heterocycles. The van der Waals surface area contributed by atoms with E-state index in [0.29, 0.717) is 6.54 Å². The second kappa shape index (κ2) is 8.50. The van der Waals surface area contributed by atoms with E-state index in [1.807, 2.05) is 80.4 Å². The normalized spacial score (nSPS) is 13.4. The average molecular weight is 326 g/mol. The van der Waals surface area contributed by atoms with Crippen LogP contribution in [0.5, 0.6) is 5.75 Å². The second-order valence-corrected chi connectivity index (χ2v) is 6.08. The number of nitrogens with one attached hydrogen (secondary N) is 1. The number of nitrogens with zero attached hydrogens (tertiary/aromatic N) is 1. The number of ether oxygens (including phenoxy) is 1. The van der Waals surface area contributed by atoms with Gasteiger partial charge in [-0.15, -0.1) is 0 Å². The maximum atomic E-state index is 12.5. The number of methoxy groups -OCH3 is 1. The lowest BCUT2D eigenvalue weighted by Gasteiger charge is -2.26. The van der Waals surface area contributed by atoms with Gasteiger partial charge >= 0.3 is 0 Å². The third-order valence-electron chi connectivity index (χ3n) is 4.29. The topological polar surface area (TPSA) is 41.6 Å². The van der Waals surface area contributed by atoms with E-state index in [1.54, 1.807) is 7.11 Å². The van der Waals surface area contributed by atoms with Gasteiger partial charge in [-0.05, 0) is 44.2 Å². The average Bonchev–Trinajstić information content (AvgIpc) is 2.62. The van der Waals surface area contributed by atoms with E-state index in [2.05, 4.69) is 5.32 Å². The van der Waals surface area contributed by atoms with Crippen LogP contribution in [0, 0.1) is 0 Å². The van der Waals surface area contributed by atoms with E-state index in [-0.39, 0.29) is 18.0 Å². The molecule has 4 heteroatoms. The zero-order valence-electron chi connectivity index (χ0n) is 14.8. The fraction of sp³-hybridized carbons (Fsp3) is 0.350. The van der Waals surface area contributed by atoms with Crippen LogP contribution >= 0.6 is 0 Å². The Bertz CT molecular complexity index is 640. The highest BCUT2D eigenvalue weighted by Crippen LogP contribution is 2.15. The van der Waals surface area contributed by atoms with E-state index >= 15 is 0 Å². The van der Waals surface area contributed by atoms with Crippen molar-refractivity contribution in [1.82, 2.24) is 10.2 Å². The Morgan fingerprint density at radius 2 is 1.71 bits per heavy atom. The van der Waals surface area contributed by atoms with Crippen molar-refractivity contribution in [2.45, 2.75) is 32.5 Å². The molecule has 0 fully saturated rings. The van der Waals surface area contributed by atoms with E-state index < -0.39 is 0 Å². The summed E-state index contributed by atoms with van der Waals surface area (Å²) in [7, 11) is 3.61. The van der Waals surface area contributed by atoms with Crippen LogP contribution < -0.4 is 10.1 Å². The molecular formula is C20H26N2O2. The van der Waals surface area contributed by atoms with Gasteiger partial charge in [0.1, 0.15) is 5.75 Å². The number of rotatable bonds is 7. The first-order valence-electron chi connectivity index (χ1n) is 8.19. The lowest BCUT2D eigenvalue weighted by Crippen LogP contribution is -2.43. The predicted octanol–water partition coefficient (Wildman–Crippen LogP) is 3.39. The second-order valence-electron chi connectivity index (χ2n) is 6.08. The molecule has 0 heterocycles. The fourth-order valence-electron chi connectivity index (χ4n) is 2.52. The van der Waals surface area contributed by atoms with Gasteiger partial charge in [-0.2, -0.15) is 0 Å². The Morgan fingerprint density at radius 1 is 1.08 bits per heavy atom. The van der Waals surface area contributed by atoms with Gasteiger partial charge in [0.25, 0.3) is 0 Å². The molecule has 1 amide bonds. The Balaban J connectivity index is 1.91. The smallest absolute Gasteiger partial charge is 0.237 e. The highest BCUT2D eigenvalue weighted by Gasteiger charge is 2.20. The number of carbonyl (C=O) groups excluding carboxylic acids is 1. The quantitative estimate of drug-likeness (QED) is 0.848. The molecule has 0 aliphatic carbocycles. The van der Waals surface area contributed by atoms with Crippen LogP contribution in [-0.4, -0.2) is 31.0 Å². The van der Waals surface area contributed by atoms with Crippen LogP contribution in [0.15, 0.2) is 54.6 Å². The molecular weight excluding hydrogens is 300 g/mol. The fourth-order valence-corrected chi connectivity index (χ4v) is 2.52. The molecule has 0 bridgehead atoms. The van der Waals surface area contributed by atoms with Crippen molar-refractivity contribution in [3.63, 3.8) is 0 Å². The van der Waals surface area contributed by atoms with Gasteiger partial charge in [-0.3, -0.25) is 9.69 Å². The summed E-state index contributed by atoms with van der Waals surface area (Å²) in [5, 5.41) is 3.08. The molecule has 0 aromatic heterocycles. The summed E-state index contributed by atoms with van der Waals surface area (Å²) in [6.45, 7) is 4.64. The van der Waals surface area contributed by atoms with Gasteiger partial charge in [0.2, 0.25) is 5.91 Å². The Kier molecular flexibility index (Phi) is 6.38. The molecule has 2 aromatic rings. The molecule has 0 saturated carbocycles. The minimum Gasteiger partial charge on any atom is -0.497 e. The first-order chi connectivity index (χ1) is 11.5. The van der Waals surface area contributed by atoms with E-state index in [0.717, 1.165) is 16.9 Å². The summed E-state index contributed by atoms with van der Waals surface area (Å²) >= 11 is 0. The van der Waals surface area contributed by atoms with Gasteiger partial charge in [0, 0.05) is 6.54 Å². The van der Waals surface area contributed by atoms with Gasteiger partial charge < -0.3 is 10.1 Å². The van der Waals surface area contributed by atoms with Crippen LogP contribution in [-0.2, 0) is 11.3 Å². The molecule has 1 N–H and O–H groups in total. The molecule has 2 unspecified atom stereocenters. The van der Waals surface area contributed by atoms with Crippen LogP contribution in [0.1, 0.15) is 31.0 Å². The van der Waals surface area contributed by atoms with E-state index in [1.165, 1.54) is 0 Å². The Labute approximate surface area is 144 Å². The van der Waals surface area contributed by atoms with E-state index in [4.69, 9.17) is 4.74 Å². The molecule has 0 spiro atoms. The number of carbonyl (C=O) groups is 1. The zero-order valence-corrected chi connectivity index (χ0v) is 14.8. The van der Waals surface area contributed by atoms with Crippen molar-refractivity contribution in [2.24, 2.45) is 0 Å². The number of likely N-dealkylation sites (N-methyl/N-ethyl adjacent to an activating group) is 1. The maximum absolute atomic E-state index is 12.5. The van der Waals surface area contributed by atoms with E-state index in [9.17, 15) is 4.79 Å². The molecule has 0 saturated heterocycles. The molecule has 0 radical (unpaired) electrons. The van der Waals surface area contributed by atoms with Crippen molar-refractivity contribution in [3.8, 4) is 5.75 Å². The highest BCUT2D eigenvalue weighted by molar-refractivity contribution is 5.81. The van der Waals surface area contributed by atoms with Crippen LogP contribution in [0.2, 0.25) is 0 Å². The third-order valence-corrected chi connectivity index (χ3v) is 4.29. The third kappa shape index (κ3) is 4.83. The summed E-state index contributed by atoms with van der Waals surface area (Å²) in [5.41, 5.74) is 2.25. The molecule has 24 heavy (non-hydrogen) atoms. The number of benzene rings is 2. The number of hydrogen-bond donors (Lipinski definition) is 1. The number of amides is 1. The molecule has 0 aliphatic rings. The van der Waals surface area contributed by atoms with Gasteiger partial charge in [0.15, 0.2) is 0 Å². The van der Waals surface area contributed by atoms with Crippen LogP contribution in [0.3, 0.4) is 0 Å². The van der Waals surface area contributed by atoms with Crippen molar-refractivity contribution in [2.75, 3.05) is 14.2 Å². The summed E-state index contributed by atoms with van der Waals surface area (Å²) in [6, 6.07) is 17.7. The van der Waals surface area contributed by atoms with Crippen LogP contribution in [0.4, 0.5) is 0 Å². The lowest BCUT2D eigenvalue weighted by molar-refractivity contribution is -0.126. The summed E-state index contributed by atoms with van der Waals surface area (Å²) in [6.07, 6.45) is 0. The summed E-state index contributed by atoms with van der Waals surface area (Å²) in [4.78, 5) is 14.5. The largest absolute Gasteiger partial charge is 0.497 e. The Hall–Kier alpha value is -2.33. The molecule has 2 rings (SSSR count). The van der Waals surface area contributed by atoms with Crippen molar-refractivity contribution in [3.05, 3.63) is 65.7 Å². The van der Waals surface area contributed by atoms with Crippen molar-refractivity contribution < 1.29 is 9.53 Å². The first-order valence-corrected chi connectivity index (χ1v) is 8.19. The monoisotopic (exact) mass is 326 g/mol. The standard InChI is InChI=1S/C20H26N2O2/c1-15(18-8-6-5-7-9-18)21-20(23)16(2)22(3)14-17-10-12-19(24-4)13-11-17/h5-13,15-16H,14H2,1-4H3,(H,21,23). The highest BCUT2D eigenvalue weighted by atomic mass is 16.5. The molecule has 128 valence electrons. The predicted molar refractivity (Wildman–Crippen MR) is 96.9 cm³/mol. The van der Waals surface area contributed by atoms with Gasteiger partial charge in [-0.25, -0.2) is 0 Å². The van der Waals surface area contributed by atoms with Gasteiger partial charge in [-0.1, -0.05) is 42.5 Å². The van der Waals surface area contributed by atoms with Crippen molar-refractivity contribution >= 4 is 5.91 Å². The molecule has 2 atom stereocenters. The summed E-state index contributed by atoms with van der Waals surface area (Å²) < 4.78 is 5.17. The molecule has 4 nitrogen and oxygen atoms in total. The van der Waals surface area contributed by atoms with Gasteiger partial charge in [0.05, 0.1) is 19.2 Å². The SMILES string of the molecule is COc1ccc(CN(C)C(C)C(=O)NC(C)c2ccccc2)cc1. The maximum Gasteiger partial charge on any atom is 0.237 e. The van der Waals surface area contributed by atoms with Crippen molar-refractivity contribution in [1.29, 1.82) is 0 Å². The minimum atomic E-state index is -0.210. The number of hydrogen-bond acceptors (Lipinski definition) is 3. The summed E-state index contributed by atoms with van der Waals surface area (Å²) in [5.74, 6) is 0.867.